The molecule has 0 spiro atoms. The number of rotatable bonds is 6. The molecule has 2 amide bonds. The molecule has 7 heteroatoms. The van der Waals surface area contributed by atoms with Gasteiger partial charge >= 0.3 is 0 Å². The summed E-state index contributed by atoms with van der Waals surface area (Å²) in [4.78, 5) is 46.3. The maximum absolute atomic E-state index is 13.7. The van der Waals surface area contributed by atoms with Gasteiger partial charge in [0.2, 0.25) is 5.43 Å². The van der Waals surface area contributed by atoms with Crippen molar-refractivity contribution in [2.24, 2.45) is 5.92 Å². The van der Waals surface area contributed by atoms with Crippen molar-refractivity contribution in [3.8, 4) is 0 Å². The molecule has 7 nitrogen and oxygen atoms in total. The molecule has 1 atom stereocenters. The highest BCUT2D eigenvalue weighted by molar-refractivity contribution is 5.99. The topological polar surface area (TPSA) is 84.3 Å². The molecule has 1 aliphatic heterocycles. The van der Waals surface area contributed by atoms with Crippen molar-refractivity contribution in [3.05, 3.63) is 63.8 Å². The zero-order chi connectivity index (χ0) is 23.5. The molecule has 1 saturated heterocycles. The highest BCUT2D eigenvalue weighted by atomic mass is 16.2. The molecule has 3 heterocycles. The molecule has 2 saturated carbocycles. The monoisotopic (exact) mass is 462 g/mol. The van der Waals surface area contributed by atoms with E-state index in [9.17, 15) is 14.4 Å². The minimum Gasteiger partial charge on any atom is -0.352 e. The Morgan fingerprint density at radius 1 is 0.971 bits per heavy atom. The fourth-order valence-corrected chi connectivity index (χ4v) is 5.47. The van der Waals surface area contributed by atoms with E-state index in [1.807, 2.05) is 16.7 Å². The number of carbonyl (C=O) groups excluding carboxylic acids is 2. The molecule has 2 aromatic rings. The molecule has 180 valence electrons. The van der Waals surface area contributed by atoms with Gasteiger partial charge in [0.05, 0.1) is 6.04 Å². The van der Waals surface area contributed by atoms with Crippen LogP contribution in [0.3, 0.4) is 0 Å². The van der Waals surface area contributed by atoms with Gasteiger partial charge in [0, 0.05) is 43.9 Å². The van der Waals surface area contributed by atoms with Crippen LogP contribution in [-0.2, 0) is 0 Å². The maximum atomic E-state index is 13.7. The number of likely N-dealkylation sites (tertiary alicyclic amines) is 1. The summed E-state index contributed by atoms with van der Waals surface area (Å²) < 4.78 is 1.91. The van der Waals surface area contributed by atoms with Gasteiger partial charge < -0.3 is 14.8 Å². The SMILES string of the molecule is O=C(NCC1CCCCC1)c1cn(C2CC2)cc(C(=O)N2CCCC[C@@H]2c2cccnc2)c1=O. The summed E-state index contributed by atoms with van der Waals surface area (Å²) in [5.74, 6) is -0.168. The molecule has 2 aliphatic carbocycles. The smallest absolute Gasteiger partial charge is 0.259 e. The van der Waals surface area contributed by atoms with Gasteiger partial charge in [0.15, 0.2) is 0 Å². The third kappa shape index (κ3) is 4.93. The van der Waals surface area contributed by atoms with Crippen molar-refractivity contribution in [1.82, 2.24) is 19.8 Å². The number of amides is 2. The van der Waals surface area contributed by atoms with E-state index in [0.29, 0.717) is 19.0 Å². The summed E-state index contributed by atoms with van der Waals surface area (Å²) in [6.45, 7) is 1.19. The van der Waals surface area contributed by atoms with E-state index in [1.54, 1.807) is 29.7 Å². The summed E-state index contributed by atoms with van der Waals surface area (Å²) in [5.41, 5.74) is 0.717. The van der Waals surface area contributed by atoms with Crippen molar-refractivity contribution in [2.75, 3.05) is 13.1 Å². The van der Waals surface area contributed by atoms with E-state index < -0.39 is 5.43 Å². The average molecular weight is 463 g/mol. The van der Waals surface area contributed by atoms with Gasteiger partial charge in [-0.3, -0.25) is 19.4 Å². The Kier molecular flexibility index (Phi) is 6.79. The molecule has 0 bridgehead atoms. The van der Waals surface area contributed by atoms with Gasteiger partial charge in [-0.05, 0) is 62.5 Å². The number of nitrogens with one attached hydrogen (secondary N) is 1. The van der Waals surface area contributed by atoms with Crippen molar-refractivity contribution >= 4 is 11.8 Å². The Morgan fingerprint density at radius 3 is 2.47 bits per heavy atom. The van der Waals surface area contributed by atoms with Crippen molar-refractivity contribution in [1.29, 1.82) is 0 Å². The van der Waals surface area contributed by atoms with Crippen molar-refractivity contribution in [3.63, 3.8) is 0 Å². The van der Waals surface area contributed by atoms with Crippen LogP contribution >= 0.6 is 0 Å². The van der Waals surface area contributed by atoms with Crippen molar-refractivity contribution in [2.45, 2.75) is 76.3 Å². The molecule has 0 radical (unpaired) electrons. The van der Waals surface area contributed by atoms with Crippen LogP contribution in [0.15, 0.2) is 41.7 Å². The standard InChI is InChI=1S/C27H34N4O3/c32-25-22(26(33)29-15-19-7-2-1-3-8-19)17-30(21-11-12-21)18-23(25)27(34)31-14-5-4-10-24(31)20-9-6-13-28-16-20/h6,9,13,16-19,21,24H,1-5,7-8,10-12,14-15H2,(H,29,33)/t24-/m1/s1. The van der Waals surface area contributed by atoms with Crippen LogP contribution in [0.2, 0.25) is 0 Å². The van der Waals surface area contributed by atoms with E-state index in [4.69, 9.17) is 0 Å². The second-order valence-corrected chi connectivity index (χ2v) is 10.1. The first kappa shape index (κ1) is 22.8. The van der Waals surface area contributed by atoms with Crippen LogP contribution in [0.5, 0.6) is 0 Å². The molecule has 0 unspecified atom stereocenters. The summed E-state index contributed by atoms with van der Waals surface area (Å²) in [6.07, 6.45) is 17.5. The number of carbonyl (C=O) groups is 2. The largest absolute Gasteiger partial charge is 0.352 e. The van der Waals surface area contributed by atoms with Crippen LogP contribution in [0.4, 0.5) is 0 Å². The third-order valence-corrected chi connectivity index (χ3v) is 7.60. The maximum Gasteiger partial charge on any atom is 0.259 e. The first-order chi connectivity index (χ1) is 16.6. The van der Waals surface area contributed by atoms with Gasteiger partial charge in [-0.15, -0.1) is 0 Å². The lowest BCUT2D eigenvalue weighted by Gasteiger charge is -2.36. The number of hydrogen-bond acceptors (Lipinski definition) is 4. The molecule has 5 rings (SSSR count). The Labute approximate surface area is 200 Å². The number of hydrogen-bond donors (Lipinski definition) is 1. The van der Waals surface area contributed by atoms with Crippen LogP contribution in [0.25, 0.3) is 0 Å². The molecule has 1 N–H and O–H groups in total. The van der Waals surface area contributed by atoms with Gasteiger partial charge in [-0.1, -0.05) is 25.3 Å². The number of aromatic nitrogens is 2. The fraction of sp³-hybridized carbons (Fsp3) is 0.556. The highest BCUT2D eigenvalue weighted by Gasteiger charge is 2.33. The number of nitrogens with zero attached hydrogens (tertiary/aromatic N) is 3. The second-order valence-electron chi connectivity index (χ2n) is 10.1. The number of pyridine rings is 2. The average Bonchev–Trinajstić information content (AvgIpc) is 3.74. The lowest BCUT2D eigenvalue weighted by molar-refractivity contribution is 0.0609. The van der Waals surface area contributed by atoms with Gasteiger partial charge in [-0.2, -0.15) is 0 Å². The lowest BCUT2D eigenvalue weighted by atomic mass is 9.89. The first-order valence-corrected chi connectivity index (χ1v) is 12.9. The quantitative estimate of drug-likeness (QED) is 0.695. The Balaban J connectivity index is 1.42. The summed E-state index contributed by atoms with van der Waals surface area (Å²) in [6, 6.07) is 4.02. The predicted molar refractivity (Wildman–Crippen MR) is 130 cm³/mol. The van der Waals surface area contributed by atoms with Crippen LogP contribution in [0.1, 0.15) is 103 Å². The normalized spacial score (nSPS) is 21.3. The lowest BCUT2D eigenvalue weighted by Crippen LogP contribution is -2.42. The van der Waals surface area contributed by atoms with Crippen LogP contribution in [-0.4, -0.2) is 39.4 Å². The minimum absolute atomic E-state index is 0.0866. The van der Waals surface area contributed by atoms with Crippen LogP contribution < -0.4 is 10.7 Å². The van der Waals surface area contributed by atoms with Gasteiger partial charge in [0.1, 0.15) is 11.1 Å². The predicted octanol–water partition coefficient (Wildman–Crippen LogP) is 4.26. The molecule has 0 aromatic carbocycles. The molecule has 34 heavy (non-hydrogen) atoms. The third-order valence-electron chi connectivity index (χ3n) is 7.60. The molecular weight excluding hydrogens is 428 g/mol. The first-order valence-electron chi connectivity index (χ1n) is 12.9. The molecule has 3 fully saturated rings. The highest BCUT2D eigenvalue weighted by Crippen LogP contribution is 2.35. The van der Waals surface area contributed by atoms with E-state index >= 15 is 0 Å². The Morgan fingerprint density at radius 2 is 1.74 bits per heavy atom. The summed E-state index contributed by atoms with van der Waals surface area (Å²) >= 11 is 0. The Hall–Kier alpha value is -2.96. The van der Waals surface area contributed by atoms with Gasteiger partial charge in [-0.25, -0.2) is 0 Å². The second kappa shape index (κ2) is 10.1. The van der Waals surface area contributed by atoms with E-state index in [2.05, 4.69) is 10.3 Å². The molecule has 2 aromatic heterocycles. The van der Waals surface area contributed by atoms with E-state index in [1.165, 1.54) is 19.3 Å². The number of piperidine rings is 1. The summed E-state index contributed by atoms with van der Waals surface area (Å²) in [5, 5.41) is 2.99. The minimum atomic E-state index is -0.460. The van der Waals surface area contributed by atoms with E-state index in [0.717, 1.165) is 50.5 Å². The Bertz CT molecular complexity index is 1090. The van der Waals surface area contributed by atoms with Crippen molar-refractivity contribution < 1.29 is 9.59 Å². The molecule has 3 aliphatic rings. The zero-order valence-corrected chi connectivity index (χ0v) is 19.7. The zero-order valence-electron chi connectivity index (χ0n) is 19.7. The van der Waals surface area contributed by atoms with E-state index in [-0.39, 0.29) is 35.0 Å². The summed E-state index contributed by atoms with van der Waals surface area (Å²) in [7, 11) is 0. The molecular formula is C27H34N4O3. The fourth-order valence-electron chi connectivity index (χ4n) is 5.47. The van der Waals surface area contributed by atoms with Crippen LogP contribution in [0, 0.1) is 5.92 Å². The van der Waals surface area contributed by atoms with Gasteiger partial charge in [0.25, 0.3) is 11.8 Å².